The summed E-state index contributed by atoms with van der Waals surface area (Å²) in [4.78, 5) is 4.53. The van der Waals surface area contributed by atoms with Crippen molar-refractivity contribution in [2.75, 3.05) is 13.1 Å². The van der Waals surface area contributed by atoms with Crippen LogP contribution in [0.1, 0.15) is 29.7 Å². The van der Waals surface area contributed by atoms with Crippen molar-refractivity contribution in [3.05, 3.63) is 22.9 Å². The molecule has 0 atom stereocenters. The molecule has 0 unspecified atom stereocenters. The molecule has 2 heterocycles. The van der Waals surface area contributed by atoms with Crippen LogP contribution in [0.25, 0.3) is 0 Å². The fraction of sp³-hybridized carbons (Fsp3) is 0.538. The average molecular weight is 229 g/mol. The molecule has 1 aliphatic carbocycles. The Labute approximate surface area is 101 Å². The number of rotatable bonds is 2. The maximum absolute atomic E-state index is 9.14. The summed E-state index contributed by atoms with van der Waals surface area (Å²) < 4.78 is 5.74. The summed E-state index contributed by atoms with van der Waals surface area (Å²) in [5, 5.41) is 12.3. The van der Waals surface area contributed by atoms with Gasteiger partial charge in [-0.1, -0.05) is 0 Å². The van der Waals surface area contributed by atoms with Crippen molar-refractivity contribution in [3.8, 4) is 11.9 Å². The number of aryl methyl sites for hydroxylation is 2. The van der Waals surface area contributed by atoms with E-state index in [1.807, 2.05) is 6.07 Å². The molecule has 88 valence electrons. The van der Waals surface area contributed by atoms with E-state index < -0.39 is 0 Å². The topological polar surface area (TPSA) is 57.9 Å². The predicted octanol–water partition coefficient (Wildman–Crippen LogP) is 1.18. The number of hydrogen-bond acceptors (Lipinski definition) is 4. The van der Waals surface area contributed by atoms with Crippen LogP contribution in [0, 0.1) is 11.3 Å². The first kappa shape index (κ1) is 10.5. The van der Waals surface area contributed by atoms with E-state index in [9.17, 15) is 0 Å². The van der Waals surface area contributed by atoms with Gasteiger partial charge in [0.15, 0.2) is 0 Å². The zero-order valence-corrected chi connectivity index (χ0v) is 9.70. The Bertz CT molecular complexity index is 474. The molecule has 0 bridgehead atoms. The van der Waals surface area contributed by atoms with Gasteiger partial charge in [-0.2, -0.15) is 5.26 Å². The highest BCUT2D eigenvalue weighted by Crippen LogP contribution is 2.26. The zero-order valence-electron chi connectivity index (χ0n) is 9.70. The highest BCUT2D eigenvalue weighted by Gasteiger charge is 2.22. The van der Waals surface area contributed by atoms with E-state index in [0.29, 0.717) is 11.4 Å². The average Bonchev–Trinajstić information content (AvgIpc) is 2.32. The molecular weight excluding hydrogens is 214 g/mol. The normalized spacial score (nSPS) is 19.0. The molecule has 3 rings (SSSR count). The number of aromatic nitrogens is 1. The molecule has 4 heteroatoms. The molecule has 1 aliphatic heterocycles. The van der Waals surface area contributed by atoms with Crippen LogP contribution in [-0.4, -0.2) is 24.2 Å². The lowest BCUT2D eigenvalue weighted by Crippen LogP contribution is -2.50. The molecule has 1 N–H and O–H groups in total. The molecule has 1 aromatic heterocycles. The third-order valence-corrected chi connectivity index (χ3v) is 3.41. The summed E-state index contributed by atoms with van der Waals surface area (Å²) in [5.74, 6) is 0.527. The fourth-order valence-corrected chi connectivity index (χ4v) is 2.29. The van der Waals surface area contributed by atoms with E-state index in [1.165, 1.54) is 18.4 Å². The number of nitrogens with one attached hydrogen (secondary N) is 1. The number of fused-ring (bicyclic) bond motifs is 1. The fourth-order valence-electron chi connectivity index (χ4n) is 2.29. The molecule has 1 saturated heterocycles. The Kier molecular flexibility index (Phi) is 2.69. The second kappa shape index (κ2) is 4.34. The van der Waals surface area contributed by atoms with Gasteiger partial charge in [-0.25, -0.2) is 4.98 Å². The Morgan fingerprint density at radius 2 is 2.18 bits per heavy atom. The molecule has 0 amide bonds. The third kappa shape index (κ3) is 1.98. The molecule has 1 fully saturated rings. The van der Waals surface area contributed by atoms with Crippen LogP contribution in [0.3, 0.4) is 0 Å². The molecule has 4 nitrogen and oxygen atoms in total. The number of ether oxygens (including phenoxy) is 1. The van der Waals surface area contributed by atoms with Crippen molar-refractivity contribution < 1.29 is 4.74 Å². The first-order chi connectivity index (χ1) is 8.36. The summed E-state index contributed by atoms with van der Waals surface area (Å²) >= 11 is 0. The van der Waals surface area contributed by atoms with Crippen LogP contribution in [0.4, 0.5) is 0 Å². The second-order valence-corrected chi connectivity index (χ2v) is 4.66. The first-order valence-corrected chi connectivity index (χ1v) is 6.17. The summed E-state index contributed by atoms with van der Waals surface area (Å²) in [6, 6.07) is 4.15. The summed E-state index contributed by atoms with van der Waals surface area (Å²) in [6.45, 7) is 1.70. The molecule has 2 aliphatic rings. The zero-order chi connectivity index (χ0) is 11.7. The molecule has 0 spiro atoms. The second-order valence-electron chi connectivity index (χ2n) is 4.66. The summed E-state index contributed by atoms with van der Waals surface area (Å²) in [7, 11) is 0. The van der Waals surface area contributed by atoms with Gasteiger partial charge in [-0.15, -0.1) is 0 Å². The van der Waals surface area contributed by atoms with Gasteiger partial charge in [0.05, 0.1) is 0 Å². The Hall–Kier alpha value is -1.60. The van der Waals surface area contributed by atoms with Crippen LogP contribution in [0.5, 0.6) is 5.88 Å². The van der Waals surface area contributed by atoms with Gasteiger partial charge in [0.25, 0.3) is 0 Å². The van der Waals surface area contributed by atoms with Crippen LogP contribution in [-0.2, 0) is 12.8 Å². The summed E-state index contributed by atoms with van der Waals surface area (Å²) in [6.07, 6.45) is 4.63. The van der Waals surface area contributed by atoms with Gasteiger partial charge in [-0.05, 0) is 37.3 Å². The van der Waals surface area contributed by atoms with Crippen molar-refractivity contribution in [1.82, 2.24) is 10.3 Å². The smallest absolute Gasteiger partial charge is 0.232 e. The van der Waals surface area contributed by atoms with Gasteiger partial charge in [0, 0.05) is 18.8 Å². The Balaban J connectivity index is 1.92. The minimum absolute atomic E-state index is 0.177. The largest absolute Gasteiger partial charge is 0.471 e. The highest BCUT2D eigenvalue weighted by molar-refractivity contribution is 5.43. The van der Waals surface area contributed by atoms with Gasteiger partial charge in [-0.3, -0.25) is 0 Å². The standard InChI is InChI=1S/C13H15N3O/c14-6-10-5-9-3-1-2-4-12(9)16-13(10)17-11-7-15-8-11/h5,11,15H,1-4,7-8H2. The van der Waals surface area contributed by atoms with Crippen LogP contribution < -0.4 is 10.1 Å². The van der Waals surface area contributed by atoms with Crippen LogP contribution in [0.15, 0.2) is 6.07 Å². The van der Waals surface area contributed by atoms with Crippen molar-refractivity contribution in [1.29, 1.82) is 5.26 Å². The van der Waals surface area contributed by atoms with E-state index in [-0.39, 0.29) is 6.10 Å². The third-order valence-electron chi connectivity index (χ3n) is 3.41. The van der Waals surface area contributed by atoms with E-state index in [4.69, 9.17) is 10.00 Å². The molecule has 0 aromatic carbocycles. The van der Waals surface area contributed by atoms with Crippen molar-refractivity contribution in [2.24, 2.45) is 0 Å². The lowest BCUT2D eigenvalue weighted by molar-refractivity contribution is 0.135. The minimum atomic E-state index is 0.177. The SMILES string of the molecule is N#Cc1cc2c(nc1OC1CNC1)CCCC2. The number of hydrogen-bond donors (Lipinski definition) is 1. The van der Waals surface area contributed by atoms with E-state index >= 15 is 0 Å². The lowest BCUT2D eigenvalue weighted by Gasteiger charge is -2.28. The predicted molar refractivity (Wildman–Crippen MR) is 62.9 cm³/mol. The number of nitrogens with zero attached hydrogens (tertiary/aromatic N) is 2. The quantitative estimate of drug-likeness (QED) is 0.827. The van der Waals surface area contributed by atoms with Gasteiger partial charge in [0.2, 0.25) is 5.88 Å². The molecule has 1 aromatic rings. The van der Waals surface area contributed by atoms with Gasteiger partial charge in [0.1, 0.15) is 17.7 Å². The van der Waals surface area contributed by atoms with Gasteiger partial charge < -0.3 is 10.1 Å². The van der Waals surface area contributed by atoms with E-state index in [2.05, 4.69) is 16.4 Å². The van der Waals surface area contributed by atoms with Crippen molar-refractivity contribution in [2.45, 2.75) is 31.8 Å². The van der Waals surface area contributed by atoms with Crippen LogP contribution in [0.2, 0.25) is 0 Å². The lowest BCUT2D eigenvalue weighted by atomic mass is 9.95. The van der Waals surface area contributed by atoms with Crippen molar-refractivity contribution >= 4 is 0 Å². The monoisotopic (exact) mass is 229 g/mol. The van der Waals surface area contributed by atoms with E-state index in [1.54, 1.807) is 0 Å². The summed E-state index contributed by atoms with van der Waals surface area (Å²) in [5.41, 5.74) is 2.93. The number of pyridine rings is 1. The van der Waals surface area contributed by atoms with E-state index in [0.717, 1.165) is 31.6 Å². The van der Waals surface area contributed by atoms with Crippen molar-refractivity contribution in [3.63, 3.8) is 0 Å². The number of nitriles is 1. The molecule has 17 heavy (non-hydrogen) atoms. The maximum atomic E-state index is 9.14. The minimum Gasteiger partial charge on any atom is -0.471 e. The molecule has 0 radical (unpaired) electrons. The molecule has 0 saturated carbocycles. The van der Waals surface area contributed by atoms with Crippen LogP contribution >= 0.6 is 0 Å². The molecular formula is C13H15N3O. The first-order valence-electron chi connectivity index (χ1n) is 6.17. The van der Waals surface area contributed by atoms with Gasteiger partial charge >= 0.3 is 0 Å². The highest BCUT2D eigenvalue weighted by atomic mass is 16.5. The Morgan fingerprint density at radius 3 is 2.88 bits per heavy atom. The Morgan fingerprint density at radius 1 is 1.35 bits per heavy atom. The maximum Gasteiger partial charge on any atom is 0.232 e.